The van der Waals surface area contributed by atoms with Crippen LogP contribution in [0.15, 0.2) is 71.6 Å². The number of amides is 1. The van der Waals surface area contributed by atoms with Gasteiger partial charge in [-0.3, -0.25) is 4.79 Å². The van der Waals surface area contributed by atoms with Crippen molar-refractivity contribution >= 4 is 27.3 Å². The first-order valence-electron chi connectivity index (χ1n) is 11.5. The molecule has 4 rings (SSSR count). The van der Waals surface area contributed by atoms with Crippen molar-refractivity contribution in [3.63, 3.8) is 0 Å². The number of piperazine rings is 1. The summed E-state index contributed by atoms with van der Waals surface area (Å²) >= 11 is 0. The molecule has 0 aliphatic carbocycles. The van der Waals surface area contributed by atoms with Gasteiger partial charge >= 0.3 is 6.18 Å². The average Bonchev–Trinajstić information content (AvgIpc) is 2.83. The van der Waals surface area contributed by atoms with E-state index in [4.69, 9.17) is 0 Å². The number of benzene rings is 3. The van der Waals surface area contributed by atoms with Gasteiger partial charge in [-0.15, -0.1) is 0 Å². The Kier molecular flexibility index (Phi) is 7.29. The van der Waals surface area contributed by atoms with Crippen molar-refractivity contribution in [3.05, 3.63) is 89.2 Å². The van der Waals surface area contributed by atoms with E-state index < -0.39 is 44.7 Å². The summed E-state index contributed by atoms with van der Waals surface area (Å²) in [5.74, 6) is -2.25. The summed E-state index contributed by atoms with van der Waals surface area (Å²) in [7, 11) is -4.11. The lowest BCUT2D eigenvalue weighted by molar-refractivity contribution is -0.136. The van der Waals surface area contributed by atoms with E-state index in [1.54, 1.807) is 0 Å². The largest absolute Gasteiger partial charge is 0.418 e. The second-order valence-electron chi connectivity index (χ2n) is 8.88. The molecular formula is C26H25F4N3O3S. The van der Waals surface area contributed by atoms with E-state index in [1.165, 1.54) is 10.4 Å². The molecule has 1 atom stereocenters. The Bertz CT molecular complexity index is 1430. The maximum atomic E-state index is 14.5. The Balaban J connectivity index is 1.56. The number of carbonyl (C=O) groups excluding carboxylic acids is 1. The minimum Gasteiger partial charge on any atom is -0.366 e. The molecule has 1 N–H and O–H groups in total. The number of hydrogen-bond donors (Lipinski definition) is 1. The third-order valence-corrected chi connectivity index (χ3v) is 8.09. The van der Waals surface area contributed by atoms with Gasteiger partial charge in [0, 0.05) is 31.4 Å². The average molecular weight is 536 g/mol. The summed E-state index contributed by atoms with van der Waals surface area (Å²) in [5, 5.41) is 2.05. The van der Waals surface area contributed by atoms with Crippen molar-refractivity contribution in [2.75, 3.05) is 29.9 Å². The normalized spacial score (nSPS) is 17.0. The number of alkyl halides is 3. The third-order valence-electron chi connectivity index (χ3n) is 6.22. The van der Waals surface area contributed by atoms with Crippen LogP contribution in [0.25, 0.3) is 0 Å². The van der Waals surface area contributed by atoms with Gasteiger partial charge in [0.15, 0.2) is 0 Å². The zero-order chi connectivity index (χ0) is 27.0. The fraction of sp³-hybridized carbons (Fsp3) is 0.269. The molecule has 3 aromatic rings. The fourth-order valence-electron chi connectivity index (χ4n) is 4.35. The maximum Gasteiger partial charge on any atom is 0.418 e. The second kappa shape index (κ2) is 10.1. The van der Waals surface area contributed by atoms with Crippen LogP contribution in [0.3, 0.4) is 0 Å². The van der Waals surface area contributed by atoms with Crippen LogP contribution in [-0.4, -0.2) is 44.3 Å². The van der Waals surface area contributed by atoms with Gasteiger partial charge in [0.2, 0.25) is 10.0 Å². The first kappa shape index (κ1) is 26.6. The topological polar surface area (TPSA) is 69.7 Å². The predicted molar refractivity (Wildman–Crippen MR) is 133 cm³/mol. The molecule has 3 aromatic carbocycles. The van der Waals surface area contributed by atoms with Gasteiger partial charge in [0.05, 0.1) is 21.7 Å². The lowest BCUT2D eigenvalue weighted by Crippen LogP contribution is -2.53. The molecule has 1 amide bonds. The zero-order valence-electron chi connectivity index (χ0n) is 20.1. The van der Waals surface area contributed by atoms with Crippen LogP contribution in [0.2, 0.25) is 0 Å². The monoisotopic (exact) mass is 535 g/mol. The SMILES string of the molecule is Cc1cccc(N2CCN(S(=O)(=O)c3ccc(F)c(C(=O)Nc4ccccc4C(F)(F)F)c3)C[C@H]2C)c1. The second-order valence-corrected chi connectivity index (χ2v) is 10.8. The Morgan fingerprint density at radius 1 is 1.00 bits per heavy atom. The van der Waals surface area contributed by atoms with E-state index >= 15 is 0 Å². The number of anilines is 2. The molecular weight excluding hydrogens is 510 g/mol. The smallest absolute Gasteiger partial charge is 0.366 e. The standard InChI is InChI=1S/C26H25F4N3O3S/c1-17-6-5-7-19(14-17)33-13-12-32(16-18(33)2)37(35,36)20-10-11-23(27)21(15-20)25(34)31-24-9-4-3-8-22(24)26(28,29)30/h3-11,14-15,18H,12-13,16H2,1-2H3,(H,31,34)/t18-/m1/s1. The number of carbonyl (C=O) groups is 1. The summed E-state index contributed by atoms with van der Waals surface area (Å²) in [6.07, 6.45) is -4.75. The van der Waals surface area contributed by atoms with Crippen LogP contribution in [-0.2, 0) is 16.2 Å². The van der Waals surface area contributed by atoms with E-state index in [2.05, 4.69) is 10.2 Å². The number of hydrogen-bond acceptors (Lipinski definition) is 4. The molecule has 37 heavy (non-hydrogen) atoms. The quantitative estimate of drug-likeness (QED) is 0.450. The lowest BCUT2D eigenvalue weighted by atomic mass is 10.1. The number of aryl methyl sites for hydroxylation is 1. The third kappa shape index (κ3) is 5.62. The number of rotatable bonds is 5. The van der Waals surface area contributed by atoms with Crippen molar-refractivity contribution in [1.82, 2.24) is 4.31 Å². The molecule has 11 heteroatoms. The van der Waals surface area contributed by atoms with E-state index in [9.17, 15) is 30.8 Å². The van der Waals surface area contributed by atoms with Gasteiger partial charge in [-0.2, -0.15) is 17.5 Å². The van der Waals surface area contributed by atoms with Gasteiger partial charge < -0.3 is 10.2 Å². The summed E-state index contributed by atoms with van der Waals surface area (Å²) < 4.78 is 82.4. The van der Waals surface area contributed by atoms with E-state index in [0.717, 1.165) is 47.6 Å². The molecule has 0 bridgehead atoms. The first-order chi connectivity index (χ1) is 17.4. The molecule has 1 heterocycles. The van der Waals surface area contributed by atoms with Crippen LogP contribution >= 0.6 is 0 Å². The minimum absolute atomic E-state index is 0.160. The van der Waals surface area contributed by atoms with Gasteiger partial charge in [0.1, 0.15) is 5.82 Å². The number of sulfonamides is 1. The van der Waals surface area contributed by atoms with Crippen LogP contribution < -0.4 is 10.2 Å². The van der Waals surface area contributed by atoms with Crippen molar-refractivity contribution in [2.24, 2.45) is 0 Å². The molecule has 0 unspecified atom stereocenters. The van der Waals surface area contributed by atoms with Gasteiger partial charge in [-0.25, -0.2) is 12.8 Å². The number of para-hydroxylation sites is 1. The van der Waals surface area contributed by atoms with Crippen molar-refractivity contribution < 1.29 is 30.8 Å². The molecule has 1 saturated heterocycles. The minimum atomic E-state index is -4.75. The van der Waals surface area contributed by atoms with Crippen molar-refractivity contribution in [2.45, 2.75) is 31.0 Å². The summed E-state index contributed by atoms with van der Waals surface area (Å²) in [6.45, 7) is 4.61. The van der Waals surface area contributed by atoms with Crippen molar-refractivity contribution in [3.8, 4) is 0 Å². The number of nitrogens with zero attached hydrogens (tertiary/aromatic N) is 2. The predicted octanol–water partition coefficient (Wildman–Crippen LogP) is 5.30. The molecule has 0 radical (unpaired) electrons. The van der Waals surface area contributed by atoms with Crippen LogP contribution in [0.5, 0.6) is 0 Å². The molecule has 1 aliphatic heterocycles. The highest BCUT2D eigenvalue weighted by Gasteiger charge is 2.35. The van der Waals surface area contributed by atoms with E-state index in [1.807, 2.05) is 38.1 Å². The highest BCUT2D eigenvalue weighted by atomic mass is 32.2. The van der Waals surface area contributed by atoms with E-state index in [0.29, 0.717) is 6.54 Å². The molecule has 196 valence electrons. The Morgan fingerprint density at radius 3 is 2.41 bits per heavy atom. The van der Waals surface area contributed by atoms with Crippen LogP contribution in [0.1, 0.15) is 28.4 Å². The molecule has 0 aromatic heterocycles. The lowest BCUT2D eigenvalue weighted by Gasteiger charge is -2.40. The van der Waals surface area contributed by atoms with Crippen molar-refractivity contribution in [1.29, 1.82) is 0 Å². The maximum absolute atomic E-state index is 14.5. The molecule has 0 saturated carbocycles. The summed E-state index contributed by atoms with van der Waals surface area (Å²) in [5.41, 5.74) is -0.287. The highest BCUT2D eigenvalue weighted by molar-refractivity contribution is 7.89. The molecule has 1 fully saturated rings. The number of halogens is 4. The Morgan fingerprint density at radius 2 is 1.73 bits per heavy atom. The molecule has 1 aliphatic rings. The molecule has 0 spiro atoms. The summed E-state index contributed by atoms with van der Waals surface area (Å²) in [6, 6.07) is 14.7. The fourth-order valence-corrected chi connectivity index (χ4v) is 5.89. The number of nitrogens with one attached hydrogen (secondary N) is 1. The van der Waals surface area contributed by atoms with Gasteiger partial charge in [0.25, 0.3) is 5.91 Å². The van der Waals surface area contributed by atoms with Gasteiger partial charge in [-0.05, 0) is 61.9 Å². The zero-order valence-corrected chi connectivity index (χ0v) is 20.9. The highest BCUT2D eigenvalue weighted by Crippen LogP contribution is 2.35. The van der Waals surface area contributed by atoms with E-state index in [-0.39, 0.29) is 24.0 Å². The first-order valence-corrected chi connectivity index (χ1v) is 12.9. The molecule has 6 nitrogen and oxygen atoms in total. The van der Waals surface area contributed by atoms with Crippen LogP contribution in [0.4, 0.5) is 28.9 Å². The Labute approximate surface area is 212 Å². The summed E-state index contributed by atoms with van der Waals surface area (Å²) in [4.78, 5) is 14.5. The van der Waals surface area contributed by atoms with Crippen LogP contribution in [0, 0.1) is 12.7 Å². The van der Waals surface area contributed by atoms with Gasteiger partial charge in [-0.1, -0.05) is 24.3 Å². The Hall–Kier alpha value is -3.44.